The molecule has 3 N–H and O–H groups in total. The van der Waals surface area contributed by atoms with Crippen molar-refractivity contribution < 1.29 is 9.47 Å². The van der Waals surface area contributed by atoms with Gasteiger partial charge in [0, 0.05) is 24.3 Å². The van der Waals surface area contributed by atoms with Crippen LogP contribution < -0.4 is 20.5 Å². The first-order chi connectivity index (χ1) is 14.6. The second-order valence-corrected chi connectivity index (χ2v) is 7.87. The number of hydrogen-bond donors (Lipinski definition) is 2. The zero-order chi connectivity index (χ0) is 21.3. The first kappa shape index (κ1) is 22.0. The highest BCUT2D eigenvalue weighted by Crippen LogP contribution is 2.29. The van der Waals surface area contributed by atoms with Gasteiger partial charge >= 0.3 is 0 Å². The zero-order valence-electron chi connectivity index (χ0n) is 18.4. The molecule has 0 spiro atoms. The highest BCUT2D eigenvalue weighted by Gasteiger charge is 2.18. The van der Waals surface area contributed by atoms with E-state index in [1.165, 1.54) is 43.2 Å². The van der Waals surface area contributed by atoms with Crippen LogP contribution in [0, 0.1) is 0 Å². The Morgan fingerprint density at radius 3 is 2.43 bits per heavy atom. The predicted octanol–water partition coefficient (Wildman–Crippen LogP) is 4.40. The summed E-state index contributed by atoms with van der Waals surface area (Å²) >= 11 is 0. The smallest absolute Gasteiger partial charge is 0.193 e. The Hall–Kier alpha value is -2.73. The number of nitrogens with two attached hydrogens (primary N) is 1. The van der Waals surface area contributed by atoms with Gasteiger partial charge in [0.05, 0.1) is 20.8 Å². The maximum Gasteiger partial charge on any atom is 0.193 e. The van der Waals surface area contributed by atoms with Gasteiger partial charge in [0.1, 0.15) is 0 Å². The van der Waals surface area contributed by atoms with Crippen LogP contribution in [-0.4, -0.2) is 38.2 Å². The summed E-state index contributed by atoms with van der Waals surface area (Å²) in [6.07, 6.45) is 6.68. The number of ether oxygens (including phenoxy) is 2. The lowest BCUT2D eigenvalue weighted by Gasteiger charge is -2.31. The van der Waals surface area contributed by atoms with Crippen molar-refractivity contribution in [1.82, 2.24) is 4.90 Å². The predicted molar refractivity (Wildman–Crippen MR) is 123 cm³/mol. The third kappa shape index (κ3) is 5.89. The molecule has 0 radical (unpaired) electrons. The molecule has 2 aromatic carbocycles. The van der Waals surface area contributed by atoms with E-state index in [0.717, 1.165) is 12.2 Å². The fraction of sp³-hybridized carbons (Fsp3) is 0.458. The Balaban J connectivity index is 1.64. The quantitative estimate of drug-likeness (QED) is 0.499. The number of guanidine groups is 1. The maximum absolute atomic E-state index is 6.14. The molecule has 1 aliphatic rings. The molecule has 30 heavy (non-hydrogen) atoms. The Kier molecular flexibility index (Phi) is 7.97. The summed E-state index contributed by atoms with van der Waals surface area (Å²) < 4.78 is 10.6. The van der Waals surface area contributed by atoms with Gasteiger partial charge in [-0.1, -0.05) is 43.5 Å². The van der Waals surface area contributed by atoms with Crippen LogP contribution in [0.15, 0.2) is 47.5 Å². The Morgan fingerprint density at radius 1 is 1.03 bits per heavy atom. The number of nitrogens with zero attached hydrogens (tertiary/aromatic N) is 2. The molecule has 0 saturated heterocycles. The molecular formula is C24H34N4O2. The molecule has 1 saturated carbocycles. The van der Waals surface area contributed by atoms with Gasteiger partial charge in [-0.2, -0.15) is 0 Å². The van der Waals surface area contributed by atoms with Crippen LogP contribution in [0.25, 0.3) is 0 Å². The number of rotatable bonds is 8. The van der Waals surface area contributed by atoms with E-state index in [0.29, 0.717) is 30.0 Å². The first-order valence-corrected chi connectivity index (χ1v) is 10.7. The fourth-order valence-corrected chi connectivity index (χ4v) is 4.06. The largest absolute Gasteiger partial charge is 0.493 e. The van der Waals surface area contributed by atoms with Crippen molar-refractivity contribution in [3.05, 3.63) is 53.6 Å². The first-order valence-electron chi connectivity index (χ1n) is 10.7. The monoisotopic (exact) mass is 410 g/mol. The van der Waals surface area contributed by atoms with Crippen molar-refractivity contribution in [2.24, 2.45) is 10.7 Å². The van der Waals surface area contributed by atoms with E-state index in [2.05, 4.69) is 46.5 Å². The molecule has 3 rings (SSSR count). The molecule has 0 amide bonds. The van der Waals surface area contributed by atoms with Crippen molar-refractivity contribution in [1.29, 1.82) is 0 Å². The van der Waals surface area contributed by atoms with Crippen LogP contribution in [0.1, 0.15) is 43.2 Å². The van der Waals surface area contributed by atoms with Gasteiger partial charge in [-0.25, -0.2) is 4.99 Å². The van der Waals surface area contributed by atoms with Gasteiger partial charge in [-0.3, -0.25) is 4.90 Å². The normalized spacial score (nSPS) is 15.3. The molecule has 0 bridgehead atoms. The van der Waals surface area contributed by atoms with Gasteiger partial charge in [0.2, 0.25) is 0 Å². The van der Waals surface area contributed by atoms with E-state index in [1.807, 2.05) is 18.2 Å². The van der Waals surface area contributed by atoms with Crippen LogP contribution >= 0.6 is 0 Å². The second-order valence-electron chi connectivity index (χ2n) is 7.87. The van der Waals surface area contributed by atoms with Crippen LogP contribution in [-0.2, 0) is 13.1 Å². The molecule has 6 heteroatoms. The Morgan fingerprint density at radius 2 is 1.73 bits per heavy atom. The number of aliphatic imine (C=N–C) groups is 1. The molecule has 0 aromatic heterocycles. The number of hydrogen-bond acceptors (Lipinski definition) is 4. The molecule has 0 atom stereocenters. The SMILES string of the molecule is COc1ccc(NC(N)=NCc2ccccc2CN(C)C2CCCCC2)cc1OC. The topological polar surface area (TPSA) is 72.1 Å². The number of methoxy groups -OCH3 is 2. The van der Waals surface area contributed by atoms with E-state index in [-0.39, 0.29) is 0 Å². The summed E-state index contributed by atoms with van der Waals surface area (Å²) in [6.45, 7) is 1.49. The third-order valence-electron chi connectivity index (χ3n) is 5.81. The highest BCUT2D eigenvalue weighted by atomic mass is 16.5. The average molecular weight is 411 g/mol. The summed E-state index contributed by atoms with van der Waals surface area (Å²) in [6, 6.07) is 14.7. The van der Waals surface area contributed by atoms with E-state index in [9.17, 15) is 0 Å². The zero-order valence-corrected chi connectivity index (χ0v) is 18.4. The van der Waals surface area contributed by atoms with Gasteiger partial charge in [-0.15, -0.1) is 0 Å². The van der Waals surface area contributed by atoms with Gasteiger partial charge in [-0.05, 0) is 43.1 Å². The lowest BCUT2D eigenvalue weighted by molar-refractivity contribution is 0.184. The molecule has 2 aromatic rings. The Labute approximate surface area is 180 Å². The van der Waals surface area contributed by atoms with E-state index < -0.39 is 0 Å². The lowest BCUT2D eigenvalue weighted by atomic mass is 9.94. The Bertz CT molecular complexity index is 847. The van der Waals surface area contributed by atoms with Gasteiger partial charge in [0.15, 0.2) is 17.5 Å². The molecular weight excluding hydrogens is 376 g/mol. The number of anilines is 1. The third-order valence-corrected chi connectivity index (χ3v) is 5.81. The summed E-state index contributed by atoms with van der Waals surface area (Å²) in [7, 11) is 5.47. The minimum atomic E-state index is 0.373. The van der Waals surface area contributed by atoms with Crippen LogP contribution in [0.5, 0.6) is 11.5 Å². The van der Waals surface area contributed by atoms with Gasteiger partial charge in [0.25, 0.3) is 0 Å². The number of nitrogens with one attached hydrogen (secondary N) is 1. The van der Waals surface area contributed by atoms with Crippen LogP contribution in [0.4, 0.5) is 5.69 Å². The lowest BCUT2D eigenvalue weighted by Crippen LogP contribution is -2.33. The second kappa shape index (κ2) is 10.9. The van der Waals surface area contributed by atoms with E-state index in [1.54, 1.807) is 14.2 Å². The molecule has 6 nitrogen and oxygen atoms in total. The highest BCUT2D eigenvalue weighted by molar-refractivity contribution is 5.92. The molecule has 0 heterocycles. The average Bonchev–Trinajstić information content (AvgIpc) is 2.79. The van der Waals surface area contributed by atoms with E-state index >= 15 is 0 Å². The molecule has 0 aliphatic heterocycles. The molecule has 162 valence electrons. The fourth-order valence-electron chi connectivity index (χ4n) is 4.06. The van der Waals surface area contributed by atoms with Gasteiger partial charge < -0.3 is 20.5 Å². The molecule has 1 aliphatic carbocycles. The van der Waals surface area contributed by atoms with Crippen molar-refractivity contribution in [3.8, 4) is 11.5 Å². The summed E-state index contributed by atoms with van der Waals surface area (Å²) in [4.78, 5) is 7.05. The summed E-state index contributed by atoms with van der Waals surface area (Å²) in [5.74, 6) is 1.69. The van der Waals surface area contributed by atoms with Crippen molar-refractivity contribution in [2.45, 2.75) is 51.2 Å². The van der Waals surface area contributed by atoms with E-state index in [4.69, 9.17) is 15.2 Å². The minimum Gasteiger partial charge on any atom is -0.493 e. The molecule has 0 unspecified atom stereocenters. The standard InChI is InChI=1S/C24H34N4O2/c1-28(21-11-5-4-6-12-21)17-19-10-8-7-9-18(19)16-26-24(25)27-20-13-14-22(29-2)23(15-20)30-3/h7-10,13-15,21H,4-6,11-12,16-17H2,1-3H3,(H3,25,26,27). The summed E-state index contributed by atoms with van der Waals surface area (Å²) in [5.41, 5.74) is 9.46. The van der Waals surface area contributed by atoms with Crippen LogP contribution in [0.3, 0.4) is 0 Å². The van der Waals surface area contributed by atoms with Crippen LogP contribution in [0.2, 0.25) is 0 Å². The number of benzene rings is 2. The minimum absolute atomic E-state index is 0.373. The molecule has 1 fully saturated rings. The summed E-state index contributed by atoms with van der Waals surface area (Å²) in [5, 5.41) is 3.13. The van der Waals surface area contributed by atoms with Crippen molar-refractivity contribution in [2.75, 3.05) is 26.6 Å². The maximum atomic E-state index is 6.14. The van der Waals surface area contributed by atoms with Crippen molar-refractivity contribution in [3.63, 3.8) is 0 Å². The van der Waals surface area contributed by atoms with Crippen molar-refractivity contribution >= 4 is 11.6 Å².